The predicted molar refractivity (Wildman–Crippen MR) is 151 cm³/mol. The summed E-state index contributed by atoms with van der Waals surface area (Å²) in [7, 11) is 4.65. The van der Waals surface area contributed by atoms with Crippen LogP contribution in [0.1, 0.15) is 21.7 Å². The number of pyridine rings is 2. The molecular weight excluding hydrogens is 529 g/mol. The van der Waals surface area contributed by atoms with Gasteiger partial charge in [0.25, 0.3) is 11.8 Å². The third kappa shape index (κ3) is 5.29. The number of methoxy groups -OCH3 is 2. The lowest BCUT2D eigenvalue weighted by Crippen LogP contribution is -2.28. The largest absolute Gasteiger partial charge is 0.491 e. The lowest BCUT2D eigenvalue weighted by Gasteiger charge is -2.14. The summed E-state index contributed by atoms with van der Waals surface area (Å²) in [5.74, 6) is 0.584. The number of rotatable bonds is 7. The van der Waals surface area contributed by atoms with Crippen molar-refractivity contribution in [1.82, 2.24) is 19.7 Å². The summed E-state index contributed by atoms with van der Waals surface area (Å²) in [6.07, 6.45) is 1.59. The van der Waals surface area contributed by atoms with Crippen LogP contribution in [0, 0.1) is 19.7 Å². The number of anilines is 1. The number of carbonyl (C=O) groups is 1. The molecule has 3 heterocycles. The van der Waals surface area contributed by atoms with Crippen LogP contribution in [-0.2, 0) is 7.05 Å². The lowest BCUT2D eigenvalue weighted by molar-refractivity contribution is 0.101. The molecule has 1 amide bonds. The average molecular weight is 556 g/mol. The predicted octanol–water partition coefficient (Wildman–Crippen LogP) is 5.21. The minimum atomic E-state index is -0.675. The molecule has 0 saturated carbocycles. The van der Waals surface area contributed by atoms with E-state index in [2.05, 4.69) is 20.4 Å². The number of amides is 1. The second-order valence-electron chi connectivity index (χ2n) is 9.18. The third-order valence-corrected chi connectivity index (χ3v) is 6.57. The Morgan fingerprint density at radius 2 is 1.73 bits per heavy atom. The van der Waals surface area contributed by atoms with Gasteiger partial charge < -0.3 is 19.5 Å². The van der Waals surface area contributed by atoms with Gasteiger partial charge in [-0.25, -0.2) is 9.37 Å². The Morgan fingerprint density at radius 3 is 2.41 bits per heavy atom. The summed E-state index contributed by atoms with van der Waals surface area (Å²) >= 11 is 0. The molecular formula is C30H26FN5O5. The van der Waals surface area contributed by atoms with Crippen molar-refractivity contribution in [3.63, 3.8) is 0 Å². The number of hydrogen-bond acceptors (Lipinski definition) is 8. The van der Waals surface area contributed by atoms with Crippen LogP contribution in [0.25, 0.3) is 22.2 Å². The van der Waals surface area contributed by atoms with E-state index in [1.165, 1.54) is 37.1 Å². The molecule has 208 valence electrons. The van der Waals surface area contributed by atoms with Gasteiger partial charge in [0.1, 0.15) is 17.1 Å². The lowest BCUT2D eigenvalue weighted by atomic mass is 9.98. The van der Waals surface area contributed by atoms with Gasteiger partial charge in [-0.1, -0.05) is 6.07 Å². The van der Waals surface area contributed by atoms with Crippen LogP contribution in [0.2, 0.25) is 0 Å². The monoisotopic (exact) mass is 555 g/mol. The van der Waals surface area contributed by atoms with E-state index in [1.807, 2.05) is 0 Å². The fraction of sp³-hybridized carbons (Fsp3) is 0.167. The van der Waals surface area contributed by atoms with Crippen molar-refractivity contribution in [1.29, 1.82) is 0 Å². The van der Waals surface area contributed by atoms with E-state index < -0.39 is 17.2 Å². The van der Waals surface area contributed by atoms with Crippen LogP contribution in [-0.4, -0.2) is 39.9 Å². The number of benzene rings is 2. The Balaban J connectivity index is 1.39. The van der Waals surface area contributed by atoms with Crippen LogP contribution < -0.4 is 25.0 Å². The second-order valence-corrected chi connectivity index (χ2v) is 9.18. The molecule has 0 aliphatic rings. The van der Waals surface area contributed by atoms with Gasteiger partial charge in [-0.15, -0.1) is 0 Å². The Labute approximate surface area is 234 Å². The van der Waals surface area contributed by atoms with Crippen molar-refractivity contribution >= 4 is 22.6 Å². The summed E-state index contributed by atoms with van der Waals surface area (Å²) in [5.41, 5.74) is 2.61. The highest BCUT2D eigenvalue weighted by molar-refractivity contribution is 6.03. The summed E-state index contributed by atoms with van der Waals surface area (Å²) < 4.78 is 31.8. The highest BCUT2D eigenvalue weighted by Gasteiger charge is 2.21. The number of aromatic nitrogens is 4. The molecule has 2 aromatic carbocycles. The molecule has 10 nitrogen and oxygen atoms in total. The number of carbonyl (C=O) groups excluding carboxylic acids is 1. The van der Waals surface area contributed by atoms with E-state index in [4.69, 9.17) is 14.2 Å². The van der Waals surface area contributed by atoms with Gasteiger partial charge in [0, 0.05) is 36.8 Å². The summed E-state index contributed by atoms with van der Waals surface area (Å²) in [5, 5.41) is 6.91. The van der Waals surface area contributed by atoms with Gasteiger partial charge in [-0.3, -0.25) is 19.3 Å². The Hall–Kier alpha value is -5.32. The fourth-order valence-corrected chi connectivity index (χ4v) is 4.40. The zero-order valence-corrected chi connectivity index (χ0v) is 23.0. The number of ether oxygens (including phenoxy) is 3. The molecule has 41 heavy (non-hydrogen) atoms. The number of nitrogens with one attached hydrogen (secondary N) is 1. The van der Waals surface area contributed by atoms with Crippen molar-refractivity contribution in [3.05, 3.63) is 93.8 Å². The van der Waals surface area contributed by atoms with E-state index in [-0.39, 0.29) is 5.69 Å². The summed E-state index contributed by atoms with van der Waals surface area (Å²) in [4.78, 5) is 35.3. The first kappa shape index (κ1) is 27.3. The number of halogens is 1. The molecule has 3 aromatic heterocycles. The highest BCUT2D eigenvalue weighted by atomic mass is 19.1. The maximum Gasteiger partial charge on any atom is 0.280 e. The Bertz CT molecular complexity index is 1850. The van der Waals surface area contributed by atoms with Gasteiger partial charge in [0.05, 0.1) is 25.3 Å². The van der Waals surface area contributed by atoms with E-state index in [9.17, 15) is 14.0 Å². The Morgan fingerprint density at radius 1 is 0.976 bits per heavy atom. The first-order chi connectivity index (χ1) is 19.7. The molecule has 5 aromatic rings. The number of fused-ring (bicyclic) bond motifs is 1. The smallest absolute Gasteiger partial charge is 0.280 e. The third-order valence-electron chi connectivity index (χ3n) is 6.57. The van der Waals surface area contributed by atoms with Crippen molar-refractivity contribution in [2.75, 3.05) is 19.5 Å². The van der Waals surface area contributed by atoms with Crippen LogP contribution in [0.4, 0.5) is 10.1 Å². The molecule has 0 radical (unpaired) electrons. The maximum atomic E-state index is 13.7. The molecule has 5 rings (SSSR count). The molecule has 0 unspecified atom stereocenters. The van der Waals surface area contributed by atoms with Crippen molar-refractivity contribution in [3.8, 4) is 34.3 Å². The molecule has 1 N–H and O–H groups in total. The summed E-state index contributed by atoms with van der Waals surface area (Å²) in [6.45, 7) is 3.43. The standard InChI is InChI=1S/C30H26FN5O5/c1-16-14-18(31)6-11-21(16)25-17(2)36(3)35-27(28(25)37)29(38)33-19-7-9-20(10-8-19)41-23-12-13-32-22-15-24(39-4)30(40-5)34-26(22)23/h6-15H,1-5H3,(H,33,38). The maximum absolute atomic E-state index is 13.7. The average Bonchev–Trinajstić information content (AvgIpc) is 2.96. The normalized spacial score (nSPS) is 10.9. The minimum absolute atomic E-state index is 0.282. The van der Waals surface area contributed by atoms with Gasteiger partial charge in [-0.05, 0) is 61.4 Å². The number of nitrogens with zero attached hydrogens (tertiary/aromatic N) is 4. The molecule has 0 aliphatic heterocycles. The fourth-order valence-electron chi connectivity index (χ4n) is 4.40. The van der Waals surface area contributed by atoms with E-state index >= 15 is 0 Å². The molecule has 0 saturated heterocycles. The molecule has 0 bridgehead atoms. The first-order valence-electron chi connectivity index (χ1n) is 12.5. The van der Waals surface area contributed by atoms with Crippen LogP contribution in [0.5, 0.6) is 23.1 Å². The molecule has 0 spiro atoms. The second kappa shape index (κ2) is 11.0. The topological polar surface area (TPSA) is 117 Å². The molecule has 0 atom stereocenters. The molecule has 0 fully saturated rings. The zero-order chi connectivity index (χ0) is 29.3. The Kier molecular flexibility index (Phi) is 7.34. The summed E-state index contributed by atoms with van der Waals surface area (Å²) in [6, 6.07) is 14.1. The van der Waals surface area contributed by atoms with Gasteiger partial charge >= 0.3 is 0 Å². The zero-order valence-electron chi connectivity index (χ0n) is 23.0. The SMILES string of the molecule is COc1cc2nccc(Oc3ccc(NC(=O)c4nn(C)c(C)c(-c5ccc(F)cc5C)c4=O)cc3)c2nc1OC. The van der Waals surface area contributed by atoms with Crippen molar-refractivity contribution in [2.24, 2.45) is 7.05 Å². The van der Waals surface area contributed by atoms with Gasteiger partial charge in [-0.2, -0.15) is 5.10 Å². The quantitative estimate of drug-likeness (QED) is 0.291. The van der Waals surface area contributed by atoms with Gasteiger partial charge in [0.15, 0.2) is 17.2 Å². The van der Waals surface area contributed by atoms with E-state index in [0.717, 1.165) is 0 Å². The van der Waals surface area contributed by atoms with Crippen LogP contribution in [0.15, 0.2) is 65.6 Å². The van der Waals surface area contributed by atoms with Crippen molar-refractivity contribution in [2.45, 2.75) is 13.8 Å². The van der Waals surface area contributed by atoms with E-state index in [0.29, 0.717) is 62.2 Å². The molecule has 0 aliphatic carbocycles. The molecule has 11 heteroatoms. The van der Waals surface area contributed by atoms with Gasteiger partial charge in [0.2, 0.25) is 5.43 Å². The van der Waals surface area contributed by atoms with Crippen LogP contribution >= 0.6 is 0 Å². The van der Waals surface area contributed by atoms with Crippen LogP contribution in [0.3, 0.4) is 0 Å². The van der Waals surface area contributed by atoms with E-state index in [1.54, 1.807) is 63.5 Å². The first-order valence-corrected chi connectivity index (χ1v) is 12.5. The number of aryl methyl sites for hydroxylation is 2. The highest BCUT2D eigenvalue weighted by Crippen LogP contribution is 2.34. The number of hydrogen-bond donors (Lipinski definition) is 1. The minimum Gasteiger partial charge on any atom is -0.491 e. The van der Waals surface area contributed by atoms with Crippen molar-refractivity contribution < 1.29 is 23.4 Å².